The van der Waals surface area contributed by atoms with Crippen molar-refractivity contribution in [1.29, 1.82) is 0 Å². The Morgan fingerprint density at radius 1 is 1.12 bits per heavy atom. The van der Waals surface area contributed by atoms with Crippen LogP contribution in [0.2, 0.25) is 0 Å². The summed E-state index contributed by atoms with van der Waals surface area (Å²) in [4.78, 5) is 23.7. The zero-order chi connectivity index (χ0) is 17.6. The fraction of sp³-hybridized carbons (Fsp3) is 0.200. The zero-order valence-corrected chi connectivity index (χ0v) is 13.9. The number of methoxy groups -OCH3 is 1. The number of ether oxygens (including phenoxy) is 2. The van der Waals surface area contributed by atoms with Crippen molar-refractivity contribution in [1.82, 2.24) is 0 Å². The number of hydrogen-bond donors (Lipinski definition) is 0. The van der Waals surface area contributed by atoms with Gasteiger partial charge in [-0.3, -0.25) is 9.59 Å². The van der Waals surface area contributed by atoms with E-state index in [-0.39, 0.29) is 11.4 Å². The van der Waals surface area contributed by atoms with Crippen LogP contribution in [0.15, 0.2) is 64.0 Å². The van der Waals surface area contributed by atoms with Crippen LogP contribution in [0.25, 0.3) is 22.1 Å². The molecule has 0 saturated carbocycles. The summed E-state index contributed by atoms with van der Waals surface area (Å²) < 4.78 is 15.8. The zero-order valence-electron chi connectivity index (χ0n) is 13.9. The van der Waals surface area contributed by atoms with Crippen LogP contribution in [-0.4, -0.2) is 19.7 Å². The van der Waals surface area contributed by atoms with Crippen molar-refractivity contribution in [2.24, 2.45) is 0 Å². The first-order valence-corrected chi connectivity index (χ1v) is 7.99. The summed E-state index contributed by atoms with van der Waals surface area (Å²) in [5.41, 5.74) is 1.74. The summed E-state index contributed by atoms with van der Waals surface area (Å²) in [5.74, 6) is 0.328. The molecular weight excluding hydrogens is 320 g/mol. The molecule has 0 saturated heterocycles. The first-order chi connectivity index (χ1) is 12.2. The number of hydrogen-bond acceptors (Lipinski definition) is 5. The summed E-state index contributed by atoms with van der Waals surface area (Å²) >= 11 is 0. The molecule has 0 aliphatic heterocycles. The predicted octanol–water partition coefficient (Wildman–Crippen LogP) is 3.79. The summed E-state index contributed by atoms with van der Waals surface area (Å²) in [6.07, 6.45) is 2.34. The third kappa shape index (κ3) is 3.88. The average molecular weight is 338 g/mol. The molecule has 25 heavy (non-hydrogen) atoms. The van der Waals surface area contributed by atoms with Crippen LogP contribution >= 0.6 is 0 Å². The number of carbonyl (C=O) groups is 1. The van der Waals surface area contributed by atoms with Gasteiger partial charge in [0.15, 0.2) is 5.43 Å². The van der Waals surface area contributed by atoms with Crippen molar-refractivity contribution in [3.05, 3.63) is 65.0 Å². The topological polar surface area (TPSA) is 65.7 Å². The normalized spacial score (nSPS) is 10.6. The molecule has 0 atom stereocenters. The van der Waals surface area contributed by atoms with E-state index in [1.54, 1.807) is 18.2 Å². The molecule has 0 fully saturated rings. The van der Waals surface area contributed by atoms with Crippen LogP contribution in [0.4, 0.5) is 0 Å². The fourth-order valence-electron chi connectivity index (χ4n) is 2.52. The Kier molecular flexibility index (Phi) is 5.14. The van der Waals surface area contributed by atoms with Crippen molar-refractivity contribution in [3.63, 3.8) is 0 Å². The minimum atomic E-state index is -0.262. The summed E-state index contributed by atoms with van der Waals surface area (Å²) in [6.45, 7) is 0.382. The van der Waals surface area contributed by atoms with Gasteiger partial charge in [0, 0.05) is 12.5 Å². The van der Waals surface area contributed by atoms with Gasteiger partial charge in [-0.2, -0.15) is 0 Å². The highest BCUT2D eigenvalue weighted by atomic mass is 16.5. The van der Waals surface area contributed by atoms with E-state index in [9.17, 15) is 9.59 Å². The maximum absolute atomic E-state index is 12.7. The molecule has 0 bridgehead atoms. The van der Waals surface area contributed by atoms with Crippen LogP contribution in [0.1, 0.15) is 12.8 Å². The Morgan fingerprint density at radius 2 is 1.92 bits per heavy atom. The lowest BCUT2D eigenvalue weighted by Gasteiger charge is -2.07. The van der Waals surface area contributed by atoms with Crippen molar-refractivity contribution < 1.29 is 18.7 Å². The molecule has 1 aromatic heterocycles. The van der Waals surface area contributed by atoms with Gasteiger partial charge in [-0.1, -0.05) is 30.3 Å². The van der Waals surface area contributed by atoms with Crippen molar-refractivity contribution in [2.45, 2.75) is 12.8 Å². The smallest absolute Gasteiger partial charge is 0.305 e. The third-order valence-corrected chi connectivity index (χ3v) is 3.85. The van der Waals surface area contributed by atoms with Crippen LogP contribution in [0, 0.1) is 0 Å². The molecule has 2 aromatic carbocycles. The van der Waals surface area contributed by atoms with E-state index in [0.717, 1.165) is 5.56 Å². The van der Waals surface area contributed by atoms with Crippen LogP contribution in [0.5, 0.6) is 5.75 Å². The molecule has 0 spiro atoms. The van der Waals surface area contributed by atoms with Crippen LogP contribution in [0.3, 0.4) is 0 Å². The molecule has 0 aliphatic rings. The predicted molar refractivity (Wildman–Crippen MR) is 94.7 cm³/mol. The van der Waals surface area contributed by atoms with Gasteiger partial charge >= 0.3 is 5.97 Å². The quantitative estimate of drug-likeness (QED) is 0.505. The van der Waals surface area contributed by atoms with E-state index in [2.05, 4.69) is 4.74 Å². The second-order valence-corrected chi connectivity index (χ2v) is 5.53. The number of rotatable bonds is 6. The van der Waals surface area contributed by atoms with E-state index in [1.165, 1.54) is 13.4 Å². The average Bonchev–Trinajstić information content (AvgIpc) is 2.66. The van der Waals surface area contributed by atoms with Gasteiger partial charge in [0.25, 0.3) is 0 Å². The van der Waals surface area contributed by atoms with E-state index in [4.69, 9.17) is 9.15 Å². The Labute approximate surface area is 144 Å². The number of fused-ring (bicyclic) bond motifs is 1. The first-order valence-electron chi connectivity index (χ1n) is 7.99. The summed E-state index contributed by atoms with van der Waals surface area (Å²) in [6, 6.07) is 14.5. The van der Waals surface area contributed by atoms with E-state index in [0.29, 0.717) is 41.7 Å². The number of benzene rings is 2. The van der Waals surface area contributed by atoms with Crippen molar-refractivity contribution in [3.8, 4) is 16.9 Å². The Hall–Kier alpha value is -3.08. The van der Waals surface area contributed by atoms with Crippen LogP contribution in [-0.2, 0) is 9.53 Å². The second kappa shape index (κ2) is 7.66. The monoisotopic (exact) mass is 338 g/mol. The van der Waals surface area contributed by atoms with Gasteiger partial charge < -0.3 is 13.9 Å². The molecule has 0 amide bonds. The Bertz CT molecular complexity index is 928. The highest BCUT2D eigenvalue weighted by Gasteiger charge is 2.10. The number of esters is 1. The minimum absolute atomic E-state index is 0.0790. The van der Waals surface area contributed by atoms with Gasteiger partial charge in [-0.15, -0.1) is 0 Å². The van der Waals surface area contributed by atoms with Gasteiger partial charge in [0.2, 0.25) is 0 Å². The third-order valence-electron chi connectivity index (χ3n) is 3.85. The highest BCUT2D eigenvalue weighted by Crippen LogP contribution is 2.23. The molecule has 0 radical (unpaired) electrons. The van der Waals surface area contributed by atoms with Gasteiger partial charge in [-0.25, -0.2) is 0 Å². The fourth-order valence-corrected chi connectivity index (χ4v) is 2.52. The molecule has 3 rings (SSSR count). The highest BCUT2D eigenvalue weighted by molar-refractivity contribution is 5.82. The van der Waals surface area contributed by atoms with Crippen LogP contribution < -0.4 is 10.2 Å². The standard InChI is InChI=1S/C20H18O5/c1-23-19(21)8-5-11-24-15-9-10-16-18(12-15)25-13-17(20(16)22)14-6-3-2-4-7-14/h2-4,6-7,9-10,12-13H,5,8,11H2,1H3. The molecule has 5 heteroatoms. The largest absolute Gasteiger partial charge is 0.493 e. The van der Waals surface area contributed by atoms with Gasteiger partial charge in [0.05, 0.1) is 24.7 Å². The Morgan fingerprint density at radius 3 is 2.68 bits per heavy atom. The maximum Gasteiger partial charge on any atom is 0.305 e. The molecule has 0 aliphatic carbocycles. The van der Waals surface area contributed by atoms with E-state index in [1.807, 2.05) is 30.3 Å². The Balaban J connectivity index is 1.78. The molecule has 128 valence electrons. The lowest BCUT2D eigenvalue weighted by atomic mass is 10.1. The molecular formula is C20H18O5. The lowest BCUT2D eigenvalue weighted by molar-refractivity contribution is -0.140. The summed E-state index contributed by atoms with van der Waals surface area (Å²) in [5, 5.41) is 0.503. The van der Waals surface area contributed by atoms with E-state index < -0.39 is 0 Å². The molecule has 5 nitrogen and oxygen atoms in total. The lowest BCUT2D eigenvalue weighted by Crippen LogP contribution is -2.06. The SMILES string of the molecule is COC(=O)CCCOc1ccc2c(=O)c(-c3ccccc3)coc2c1. The van der Waals surface area contributed by atoms with Gasteiger partial charge in [0.1, 0.15) is 17.6 Å². The molecule has 1 heterocycles. The second-order valence-electron chi connectivity index (χ2n) is 5.53. The van der Waals surface area contributed by atoms with Gasteiger partial charge in [-0.05, 0) is 24.1 Å². The summed E-state index contributed by atoms with van der Waals surface area (Å²) in [7, 11) is 1.36. The van der Waals surface area contributed by atoms with Crippen molar-refractivity contribution >= 4 is 16.9 Å². The molecule has 0 unspecified atom stereocenters. The minimum Gasteiger partial charge on any atom is -0.493 e. The first kappa shape index (κ1) is 16.8. The molecule has 0 N–H and O–H groups in total. The maximum atomic E-state index is 12.7. The van der Waals surface area contributed by atoms with E-state index >= 15 is 0 Å². The van der Waals surface area contributed by atoms with Crippen molar-refractivity contribution in [2.75, 3.05) is 13.7 Å². The molecule has 3 aromatic rings. The number of carbonyl (C=O) groups excluding carboxylic acids is 1.